The third kappa shape index (κ3) is 6.41. The number of ether oxygens (including phenoxy) is 2. The average Bonchev–Trinajstić information content (AvgIpc) is 3.42. The molecular weight excluding hydrogens is 562 g/mol. The van der Waals surface area contributed by atoms with Gasteiger partial charge in [-0.25, -0.2) is 10.2 Å². The lowest BCUT2D eigenvalue weighted by molar-refractivity contribution is -0.384. The Morgan fingerprint density at radius 3 is 2.41 bits per heavy atom. The van der Waals surface area contributed by atoms with Crippen LogP contribution in [0.15, 0.2) is 96.1 Å². The third-order valence-electron chi connectivity index (χ3n) is 6.75. The zero-order valence-electron chi connectivity index (χ0n) is 24.2. The van der Waals surface area contributed by atoms with Crippen LogP contribution in [-0.4, -0.2) is 48.7 Å². The number of hydrazone groups is 1. The molecule has 0 atom stereocenters. The number of nitrogens with zero attached hydrogens (tertiary/aromatic N) is 3. The molecule has 0 unspecified atom stereocenters. The number of anilines is 1. The van der Waals surface area contributed by atoms with Crippen molar-refractivity contribution in [1.82, 2.24) is 10.4 Å². The van der Waals surface area contributed by atoms with E-state index in [0.717, 1.165) is 27.7 Å². The molecule has 5 aromatic rings. The molecule has 1 aromatic heterocycles. The second-order valence-corrected chi connectivity index (χ2v) is 9.90. The number of nitro groups is 1. The van der Waals surface area contributed by atoms with Crippen molar-refractivity contribution in [2.45, 2.75) is 6.92 Å². The average molecular weight is 592 g/mol. The number of hydrogen-bond donors (Lipinski definition) is 2. The van der Waals surface area contributed by atoms with Crippen molar-refractivity contribution >= 4 is 40.4 Å². The van der Waals surface area contributed by atoms with Crippen molar-refractivity contribution in [2.24, 2.45) is 5.10 Å². The summed E-state index contributed by atoms with van der Waals surface area (Å²) < 4.78 is 11.2. The number of rotatable bonds is 10. The Kier molecular flexibility index (Phi) is 8.66. The number of esters is 1. The SMILES string of the molecule is CCOc1cc(C=NNC(=O)c2[nH]c3ccc(N(C)C)cc3c2-c2ccccc2)ccc1OC(=O)c1ccc([N+](=O)[O-])cc1. The van der Waals surface area contributed by atoms with Gasteiger partial charge in [-0.05, 0) is 66.6 Å². The number of nitrogens with one attached hydrogen (secondary N) is 2. The largest absolute Gasteiger partial charge is 0.490 e. The molecule has 1 heterocycles. The van der Waals surface area contributed by atoms with Crippen LogP contribution in [0, 0.1) is 10.1 Å². The van der Waals surface area contributed by atoms with E-state index in [0.29, 0.717) is 17.9 Å². The number of carbonyl (C=O) groups is 2. The van der Waals surface area contributed by atoms with E-state index in [2.05, 4.69) is 15.5 Å². The van der Waals surface area contributed by atoms with Crippen molar-refractivity contribution in [2.75, 3.05) is 25.6 Å². The number of aromatic nitrogens is 1. The molecular formula is C33H29N5O6. The van der Waals surface area contributed by atoms with Crippen LogP contribution in [0.4, 0.5) is 11.4 Å². The van der Waals surface area contributed by atoms with Gasteiger partial charge >= 0.3 is 5.97 Å². The van der Waals surface area contributed by atoms with Crippen LogP contribution in [0.25, 0.3) is 22.0 Å². The van der Waals surface area contributed by atoms with E-state index in [1.165, 1.54) is 30.5 Å². The third-order valence-corrected chi connectivity index (χ3v) is 6.75. The predicted molar refractivity (Wildman–Crippen MR) is 169 cm³/mol. The van der Waals surface area contributed by atoms with E-state index >= 15 is 0 Å². The van der Waals surface area contributed by atoms with Gasteiger partial charge in [-0.3, -0.25) is 14.9 Å². The quantitative estimate of drug-likeness (QED) is 0.0649. The number of nitro benzene ring substituents is 1. The number of amides is 1. The molecule has 44 heavy (non-hydrogen) atoms. The summed E-state index contributed by atoms with van der Waals surface area (Å²) in [6.45, 7) is 2.09. The first-order valence-electron chi connectivity index (χ1n) is 13.7. The van der Waals surface area contributed by atoms with E-state index < -0.39 is 16.8 Å². The predicted octanol–water partition coefficient (Wildman–Crippen LogP) is 6.19. The van der Waals surface area contributed by atoms with E-state index in [9.17, 15) is 19.7 Å². The monoisotopic (exact) mass is 591 g/mol. The first-order valence-corrected chi connectivity index (χ1v) is 13.7. The van der Waals surface area contributed by atoms with Crippen LogP contribution in [-0.2, 0) is 0 Å². The molecule has 4 aromatic carbocycles. The van der Waals surface area contributed by atoms with Crippen molar-refractivity contribution in [3.05, 3.63) is 118 Å². The Balaban J connectivity index is 1.35. The molecule has 0 aliphatic heterocycles. The van der Waals surface area contributed by atoms with Crippen LogP contribution < -0.4 is 19.8 Å². The molecule has 222 valence electrons. The van der Waals surface area contributed by atoms with Crippen LogP contribution >= 0.6 is 0 Å². The molecule has 5 rings (SSSR count). The van der Waals surface area contributed by atoms with Gasteiger partial charge in [0.25, 0.3) is 11.6 Å². The van der Waals surface area contributed by atoms with Gasteiger partial charge in [0, 0.05) is 48.4 Å². The molecule has 0 radical (unpaired) electrons. The summed E-state index contributed by atoms with van der Waals surface area (Å²) in [5.74, 6) is -0.656. The number of H-pyrrole nitrogens is 1. The maximum absolute atomic E-state index is 13.4. The number of non-ortho nitro benzene ring substituents is 1. The van der Waals surface area contributed by atoms with Crippen molar-refractivity contribution in [3.63, 3.8) is 0 Å². The molecule has 11 heteroatoms. The van der Waals surface area contributed by atoms with Gasteiger partial charge in [-0.1, -0.05) is 30.3 Å². The second kappa shape index (κ2) is 12.9. The number of carbonyl (C=O) groups excluding carboxylic acids is 2. The Hall–Kier alpha value is -5.97. The van der Waals surface area contributed by atoms with Crippen molar-refractivity contribution < 1.29 is 24.0 Å². The molecule has 0 aliphatic rings. The maximum atomic E-state index is 13.4. The van der Waals surface area contributed by atoms with Gasteiger partial charge < -0.3 is 19.4 Å². The summed E-state index contributed by atoms with van der Waals surface area (Å²) >= 11 is 0. The highest BCUT2D eigenvalue weighted by Gasteiger charge is 2.20. The molecule has 0 bridgehead atoms. The fourth-order valence-corrected chi connectivity index (χ4v) is 4.59. The van der Waals surface area contributed by atoms with Crippen LogP contribution in [0.3, 0.4) is 0 Å². The maximum Gasteiger partial charge on any atom is 0.343 e. The molecule has 0 spiro atoms. The molecule has 0 saturated carbocycles. The van der Waals surface area contributed by atoms with Gasteiger partial charge in [-0.15, -0.1) is 0 Å². The topological polar surface area (TPSA) is 139 Å². The Bertz CT molecular complexity index is 1860. The van der Waals surface area contributed by atoms with Gasteiger partial charge in [0.05, 0.1) is 23.3 Å². The minimum Gasteiger partial charge on any atom is -0.490 e. The number of benzene rings is 4. The summed E-state index contributed by atoms with van der Waals surface area (Å²) in [7, 11) is 3.93. The highest BCUT2D eigenvalue weighted by atomic mass is 16.6. The van der Waals surface area contributed by atoms with Gasteiger partial charge in [-0.2, -0.15) is 5.10 Å². The summed E-state index contributed by atoms with van der Waals surface area (Å²) in [6.07, 6.45) is 1.46. The second-order valence-electron chi connectivity index (χ2n) is 9.90. The standard InChI is InChI=1S/C33H29N5O6/c1-4-43-29-18-21(10-17-28(29)44-33(40)23-11-13-24(14-12-23)38(41)42)20-34-36-32(39)31-30(22-8-6-5-7-9-22)26-19-25(37(2)3)15-16-27(26)35-31/h5-20,35H,4H2,1-3H3,(H,36,39). The summed E-state index contributed by atoms with van der Waals surface area (Å²) in [6, 6.07) is 25.6. The number of fused-ring (bicyclic) bond motifs is 1. The van der Waals surface area contributed by atoms with E-state index in [4.69, 9.17) is 9.47 Å². The van der Waals surface area contributed by atoms with Crippen molar-refractivity contribution in [1.29, 1.82) is 0 Å². The number of aromatic amines is 1. The smallest absolute Gasteiger partial charge is 0.343 e. The van der Waals surface area contributed by atoms with E-state index in [1.54, 1.807) is 25.1 Å². The summed E-state index contributed by atoms with van der Waals surface area (Å²) in [5, 5.41) is 16.0. The summed E-state index contributed by atoms with van der Waals surface area (Å²) in [4.78, 5) is 41.6. The van der Waals surface area contributed by atoms with E-state index in [1.807, 2.05) is 67.5 Å². The Morgan fingerprint density at radius 2 is 1.73 bits per heavy atom. The highest BCUT2D eigenvalue weighted by Crippen LogP contribution is 2.35. The first-order chi connectivity index (χ1) is 21.2. The Morgan fingerprint density at radius 1 is 0.977 bits per heavy atom. The molecule has 0 fully saturated rings. The molecule has 0 aliphatic carbocycles. The highest BCUT2D eigenvalue weighted by molar-refractivity contribution is 6.10. The molecule has 1 amide bonds. The lowest BCUT2D eigenvalue weighted by atomic mass is 10.0. The lowest BCUT2D eigenvalue weighted by Gasteiger charge is -2.12. The van der Waals surface area contributed by atoms with Crippen LogP contribution in [0.5, 0.6) is 11.5 Å². The zero-order chi connectivity index (χ0) is 31.2. The van der Waals surface area contributed by atoms with E-state index in [-0.39, 0.29) is 22.7 Å². The fraction of sp³-hybridized carbons (Fsp3) is 0.121. The molecule has 11 nitrogen and oxygen atoms in total. The molecule has 0 saturated heterocycles. The molecule has 2 N–H and O–H groups in total. The van der Waals surface area contributed by atoms with Crippen molar-refractivity contribution in [3.8, 4) is 22.6 Å². The Labute approximate surface area is 252 Å². The normalized spacial score (nSPS) is 11.0. The van der Waals surface area contributed by atoms with Gasteiger partial charge in [0.2, 0.25) is 0 Å². The first kappa shape index (κ1) is 29.5. The van der Waals surface area contributed by atoms with Gasteiger partial charge in [0.15, 0.2) is 11.5 Å². The number of hydrogen-bond acceptors (Lipinski definition) is 8. The van der Waals surface area contributed by atoms with Gasteiger partial charge in [0.1, 0.15) is 5.69 Å². The minimum absolute atomic E-state index is 0.133. The van der Waals surface area contributed by atoms with Crippen LogP contribution in [0.1, 0.15) is 33.3 Å². The minimum atomic E-state index is -0.695. The fourth-order valence-electron chi connectivity index (χ4n) is 4.59. The summed E-state index contributed by atoms with van der Waals surface area (Å²) in [5.41, 5.74) is 7.07. The van der Waals surface area contributed by atoms with Crippen LogP contribution in [0.2, 0.25) is 0 Å². The zero-order valence-corrected chi connectivity index (χ0v) is 24.2. The lowest BCUT2D eigenvalue weighted by Crippen LogP contribution is -2.18.